The Balaban J connectivity index is 3.70. The smallest absolute Gasteiger partial charge is 0.129 e. The van der Waals surface area contributed by atoms with Crippen LogP contribution in [0, 0.1) is 0 Å². The van der Waals surface area contributed by atoms with Gasteiger partial charge in [0.1, 0.15) is 5.78 Å². The van der Waals surface area contributed by atoms with Crippen LogP contribution in [0.1, 0.15) is 33.6 Å². The minimum Gasteiger partial charge on any atom is -0.390 e. The molecule has 0 bridgehead atoms. The Hall–Kier alpha value is -0.410. The third-order valence-electron chi connectivity index (χ3n) is 1.59. The van der Waals surface area contributed by atoms with E-state index < -0.39 is 11.7 Å². The van der Waals surface area contributed by atoms with Crippen LogP contribution >= 0.6 is 0 Å². The minimum atomic E-state index is -1.10. The summed E-state index contributed by atoms with van der Waals surface area (Å²) in [6.07, 6.45) is -0.157. The lowest BCUT2D eigenvalue weighted by Crippen LogP contribution is -2.35. The molecule has 66 valence electrons. The molecule has 0 amide bonds. The summed E-state index contributed by atoms with van der Waals surface area (Å²) in [4.78, 5) is 10.5. The van der Waals surface area contributed by atoms with Crippen molar-refractivity contribution in [1.29, 1.82) is 0 Å². The summed E-state index contributed by atoms with van der Waals surface area (Å²) in [5.41, 5.74) is -1.10. The fourth-order valence-corrected chi connectivity index (χ4v) is 0.693. The van der Waals surface area contributed by atoms with E-state index in [4.69, 9.17) is 0 Å². The van der Waals surface area contributed by atoms with Gasteiger partial charge in [-0.15, -0.1) is 0 Å². The Labute approximate surface area is 67.0 Å². The second-order valence-electron chi connectivity index (χ2n) is 3.41. The SMILES string of the molecule is CC(=O)CCC(O)C(C)(C)O. The Morgan fingerprint density at radius 3 is 2.27 bits per heavy atom. The van der Waals surface area contributed by atoms with Crippen LogP contribution in [0.2, 0.25) is 0 Å². The Morgan fingerprint density at radius 1 is 1.55 bits per heavy atom. The predicted molar refractivity (Wildman–Crippen MR) is 42.2 cm³/mol. The highest BCUT2D eigenvalue weighted by Gasteiger charge is 2.23. The van der Waals surface area contributed by atoms with Gasteiger partial charge in [-0.3, -0.25) is 0 Å². The van der Waals surface area contributed by atoms with E-state index >= 15 is 0 Å². The van der Waals surface area contributed by atoms with Crippen LogP contribution in [-0.4, -0.2) is 27.7 Å². The first-order chi connectivity index (χ1) is 4.84. The maximum atomic E-state index is 10.5. The number of aliphatic hydroxyl groups is 2. The van der Waals surface area contributed by atoms with Crippen molar-refractivity contribution in [3.63, 3.8) is 0 Å². The molecule has 3 heteroatoms. The Kier molecular flexibility index (Phi) is 3.69. The number of hydrogen-bond acceptors (Lipinski definition) is 3. The summed E-state index contributed by atoms with van der Waals surface area (Å²) >= 11 is 0. The number of rotatable bonds is 4. The standard InChI is InChI=1S/C8H16O3/c1-6(9)4-5-7(10)8(2,3)11/h7,10-11H,4-5H2,1-3H3. The number of ketones is 1. The van der Waals surface area contributed by atoms with Gasteiger partial charge in [-0.05, 0) is 27.2 Å². The van der Waals surface area contributed by atoms with Crippen molar-refractivity contribution in [2.75, 3.05) is 0 Å². The normalized spacial score (nSPS) is 14.6. The summed E-state index contributed by atoms with van der Waals surface area (Å²) < 4.78 is 0. The van der Waals surface area contributed by atoms with Crippen LogP contribution in [0.25, 0.3) is 0 Å². The number of carbonyl (C=O) groups is 1. The van der Waals surface area contributed by atoms with E-state index in [-0.39, 0.29) is 5.78 Å². The highest BCUT2D eigenvalue weighted by Crippen LogP contribution is 2.13. The van der Waals surface area contributed by atoms with E-state index in [0.29, 0.717) is 12.8 Å². The van der Waals surface area contributed by atoms with E-state index in [1.165, 1.54) is 20.8 Å². The van der Waals surface area contributed by atoms with Crippen molar-refractivity contribution in [3.05, 3.63) is 0 Å². The summed E-state index contributed by atoms with van der Waals surface area (Å²) in [6, 6.07) is 0. The molecule has 11 heavy (non-hydrogen) atoms. The first kappa shape index (κ1) is 10.6. The van der Waals surface area contributed by atoms with Gasteiger partial charge in [0.15, 0.2) is 0 Å². The maximum absolute atomic E-state index is 10.5. The number of aliphatic hydroxyl groups excluding tert-OH is 1. The van der Waals surface area contributed by atoms with Crippen LogP contribution < -0.4 is 0 Å². The summed E-state index contributed by atoms with van der Waals surface area (Å²) in [5, 5.41) is 18.5. The molecule has 0 aromatic rings. The molecule has 0 heterocycles. The van der Waals surface area contributed by atoms with E-state index in [2.05, 4.69) is 0 Å². The Bertz CT molecular complexity index is 135. The minimum absolute atomic E-state index is 0.0355. The van der Waals surface area contributed by atoms with Gasteiger partial charge in [0.25, 0.3) is 0 Å². The van der Waals surface area contributed by atoms with E-state index in [9.17, 15) is 15.0 Å². The lowest BCUT2D eigenvalue weighted by atomic mass is 9.97. The molecular weight excluding hydrogens is 144 g/mol. The number of carbonyl (C=O) groups excluding carboxylic acids is 1. The molecule has 0 spiro atoms. The molecule has 0 radical (unpaired) electrons. The molecule has 0 aliphatic rings. The molecule has 2 N–H and O–H groups in total. The van der Waals surface area contributed by atoms with Crippen LogP contribution in [0.3, 0.4) is 0 Å². The topological polar surface area (TPSA) is 57.5 Å². The van der Waals surface area contributed by atoms with Gasteiger partial charge in [-0.25, -0.2) is 0 Å². The molecule has 0 fully saturated rings. The van der Waals surface area contributed by atoms with Crippen LogP contribution in [0.4, 0.5) is 0 Å². The van der Waals surface area contributed by atoms with Gasteiger partial charge in [0, 0.05) is 6.42 Å². The highest BCUT2D eigenvalue weighted by atomic mass is 16.3. The average Bonchev–Trinajstić information content (AvgIpc) is 1.80. The van der Waals surface area contributed by atoms with Gasteiger partial charge < -0.3 is 15.0 Å². The highest BCUT2D eigenvalue weighted by molar-refractivity contribution is 5.75. The lowest BCUT2D eigenvalue weighted by Gasteiger charge is -2.23. The maximum Gasteiger partial charge on any atom is 0.129 e. The summed E-state index contributed by atoms with van der Waals surface area (Å²) in [7, 11) is 0. The van der Waals surface area contributed by atoms with Crippen molar-refractivity contribution in [1.82, 2.24) is 0 Å². The van der Waals surface area contributed by atoms with Gasteiger partial charge >= 0.3 is 0 Å². The molecule has 0 saturated heterocycles. The molecule has 1 unspecified atom stereocenters. The van der Waals surface area contributed by atoms with E-state index in [1.54, 1.807) is 0 Å². The zero-order chi connectivity index (χ0) is 9.07. The zero-order valence-electron chi connectivity index (χ0n) is 7.29. The number of hydrogen-bond donors (Lipinski definition) is 2. The second kappa shape index (κ2) is 3.83. The zero-order valence-corrected chi connectivity index (χ0v) is 7.29. The van der Waals surface area contributed by atoms with Crippen LogP contribution in [0.5, 0.6) is 0 Å². The quantitative estimate of drug-likeness (QED) is 0.629. The third kappa shape index (κ3) is 4.93. The lowest BCUT2D eigenvalue weighted by molar-refractivity contribution is -0.118. The molecule has 0 aliphatic carbocycles. The fourth-order valence-electron chi connectivity index (χ4n) is 0.693. The monoisotopic (exact) mass is 160 g/mol. The molecular formula is C8H16O3. The van der Waals surface area contributed by atoms with Crippen molar-refractivity contribution in [2.24, 2.45) is 0 Å². The third-order valence-corrected chi connectivity index (χ3v) is 1.59. The Morgan fingerprint density at radius 2 is 2.00 bits per heavy atom. The van der Waals surface area contributed by atoms with Gasteiger partial charge in [-0.1, -0.05) is 0 Å². The predicted octanol–water partition coefficient (Wildman–Crippen LogP) is 0.487. The van der Waals surface area contributed by atoms with E-state index in [1.807, 2.05) is 0 Å². The first-order valence-electron chi connectivity index (χ1n) is 3.74. The van der Waals surface area contributed by atoms with Crippen molar-refractivity contribution in [3.8, 4) is 0 Å². The molecule has 3 nitrogen and oxygen atoms in total. The van der Waals surface area contributed by atoms with E-state index in [0.717, 1.165) is 0 Å². The number of Topliss-reactive ketones (excluding diaryl/α,β-unsaturated/α-hetero) is 1. The average molecular weight is 160 g/mol. The van der Waals surface area contributed by atoms with Crippen LogP contribution in [-0.2, 0) is 4.79 Å². The first-order valence-corrected chi connectivity index (χ1v) is 3.74. The molecule has 0 aromatic carbocycles. The van der Waals surface area contributed by atoms with Crippen molar-refractivity contribution < 1.29 is 15.0 Å². The van der Waals surface area contributed by atoms with Crippen molar-refractivity contribution >= 4 is 5.78 Å². The van der Waals surface area contributed by atoms with Gasteiger partial charge in [-0.2, -0.15) is 0 Å². The molecule has 0 aromatic heterocycles. The van der Waals surface area contributed by atoms with Gasteiger partial charge in [0.2, 0.25) is 0 Å². The van der Waals surface area contributed by atoms with Crippen molar-refractivity contribution in [2.45, 2.75) is 45.3 Å². The molecule has 0 aliphatic heterocycles. The molecule has 0 saturated carbocycles. The second-order valence-corrected chi connectivity index (χ2v) is 3.41. The molecule has 0 rings (SSSR count). The summed E-state index contributed by atoms with van der Waals surface area (Å²) in [5.74, 6) is 0.0355. The van der Waals surface area contributed by atoms with Gasteiger partial charge in [0.05, 0.1) is 11.7 Å². The van der Waals surface area contributed by atoms with Crippen LogP contribution in [0.15, 0.2) is 0 Å². The fraction of sp³-hybridized carbons (Fsp3) is 0.875. The molecule has 1 atom stereocenters. The largest absolute Gasteiger partial charge is 0.390 e. The summed E-state index contributed by atoms with van der Waals surface area (Å²) in [6.45, 7) is 4.52.